The molecule has 3 heteroatoms. The van der Waals surface area contributed by atoms with Crippen molar-refractivity contribution in [2.24, 2.45) is 0 Å². The van der Waals surface area contributed by atoms with Crippen molar-refractivity contribution in [1.29, 1.82) is 5.26 Å². The van der Waals surface area contributed by atoms with E-state index in [1.54, 1.807) is 0 Å². The minimum Gasteiger partial charge on any atom is -0.370 e. The van der Waals surface area contributed by atoms with Crippen molar-refractivity contribution < 1.29 is 4.79 Å². The predicted molar refractivity (Wildman–Crippen MR) is 95.5 cm³/mol. The SMILES string of the molecule is N#Cc1c(C=O)cc2c(c1N1CCCCC1)CCc1ccccc1-2. The quantitative estimate of drug-likeness (QED) is 0.783. The van der Waals surface area contributed by atoms with E-state index in [-0.39, 0.29) is 0 Å². The van der Waals surface area contributed by atoms with Crippen molar-refractivity contribution in [3.05, 3.63) is 52.6 Å². The van der Waals surface area contributed by atoms with E-state index in [9.17, 15) is 10.1 Å². The lowest BCUT2D eigenvalue weighted by molar-refractivity contribution is 0.112. The van der Waals surface area contributed by atoms with E-state index in [4.69, 9.17) is 0 Å². The maximum atomic E-state index is 11.6. The molecule has 2 aliphatic rings. The molecule has 1 heterocycles. The second-order valence-corrected chi connectivity index (χ2v) is 6.65. The molecule has 0 spiro atoms. The molecule has 0 N–H and O–H groups in total. The molecule has 1 fully saturated rings. The lowest BCUT2D eigenvalue weighted by Gasteiger charge is -2.34. The Morgan fingerprint density at radius 1 is 1.04 bits per heavy atom. The third-order valence-electron chi connectivity index (χ3n) is 5.30. The van der Waals surface area contributed by atoms with Gasteiger partial charge in [0, 0.05) is 18.7 Å². The summed E-state index contributed by atoms with van der Waals surface area (Å²) in [6, 6.07) is 12.7. The minimum atomic E-state index is 0.522. The first-order valence-electron chi connectivity index (χ1n) is 8.72. The maximum Gasteiger partial charge on any atom is 0.151 e. The van der Waals surface area contributed by atoms with Gasteiger partial charge in [0.25, 0.3) is 0 Å². The van der Waals surface area contributed by atoms with Crippen LogP contribution in [0.2, 0.25) is 0 Å². The summed E-state index contributed by atoms with van der Waals surface area (Å²) in [4.78, 5) is 14.0. The third kappa shape index (κ3) is 2.30. The third-order valence-corrected chi connectivity index (χ3v) is 5.30. The largest absolute Gasteiger partial charge is 0.370 e. The number of benzene rings is 2. The lowest BCUT2D eigenvalue weighted by Crippen LogP contribution is -2.32. The highest BCUT2D eigenvalue weighted by molar-refractivity contribution is 5.91. The summed E-state index contributed by atoms with van der Waals surface area (Å²) in [7, 11) is 0. The molecule has 2 aromatic carbocycles. The summed E-state index contributed by atoms with van der Waals surface area (Å²) in [5.74, 6) is 0. The lowest BCUT2D eigenvalue weighted by atomic mass is 9.81. The summed E-state index contributed by atoms with van der Waals surface area (Å²) in [5.41, 5.74) is 7.03. The number of nitriles is 1. The molecule has 1 aliphatic heterocycles. The molecule has 4 rings (SSSR count). The zero-order valence-corrected chi connectivity index (χ0v) is 13.7. The molecule has 3 nitrogen and oxygen atoms in total. The Morgan fingerprint density at radius 3 is 2.58 bits per heavy atom. The molecule has 0 bridgehead atoms. The number of hydrogen-bond acceptors (Lipinski definition) is 3. The second-order valence-electron chi connectivity index (χ2n) is 6.65. The highest BCUT2D eigenvalue weighted by atomic mass is 16.1. The van der Waals surface area contributed by atoms with E-state index in [0.29, 0.717) is 11.1 Å². The van der Waals surface area contributed by atoms with E-state index in [1.807, 2.05) is 12.1 Å². The van der Waals surface area contributed by atoms with Crippen LogP contribution in [0.5, 0.6) is 0 Å². The number of piperidine rings is 1. The van der Waals surface area contributed by atoms with Gasteiger partial charge < -0.3 is 4.90 Å². The molecule has 0 unspecified atom stereocenters. The van der Waals surface area contributed by atoms with Gasteiger partial charge in [0.2, 0.25) is 0 Å². The van der Waals surface area contributed by atoms with Crippen LogP contribution in [0.25, 0.3) is 11.1 Å². The van der Waals surface area contributed by atoms with Gasteiger partial charge >= 0.3 is 0 Å². The highest BCUT2D eigenvalue weighted by Crippen LogP contribution is 2.42. The second kappa shape index (κ2) is 6.13. The zero-order valence-electron chi connectivity index (χ0n) is 13.7. The maximum absolute atomic E-state index is 11.6. The van der Waals surface area contributed by atoms with Crippen LogP contribution < -0.4 is 4.90 Å². The Hall–Kier alpha value is -2.60. The number of fused-ring (bicyclic) bond motifs is 3. The summed E-state index contributed by atoms with van der Waals surface area (Å²) >= 11 is 0. The van der Waals surface area contributed by atoms with Gasteiger partial charge in [0.1, 0.15) is 6.07 Å². The number of hydrogen-bond donors (Lipinski definition) is 0. The van der Waals surface area contributed by atoms with Crippen LogP contribution >= 0.6 is 0 Å². The van der Waals surface area contributed by atoms with Gasteiger partial charge in [-0.3, -0.25) is 4.79 Å². The van der Waals surface area contributed by atoms with Crippen LogP contribution in [0, 0.1) is 11.3 Å². The molecule has 1 saturated heterocycles. The first-order chi connectivity index (χ1) is 11.8. The summed E-state index contributed by atoms with van der Waals surface area (Å²) in [5, 5.41) is 9.72. The van der Waals surface area contributed by atoms with E-state index in [0.717, 1.165) is 56.3 Å². The molecule has 0 amide bonds. The van der Waals surface area contributed by atoms with Gasteiger partial charge in [0.05, 0.1) is 11.3 Å². The van der Waals surface area contributed by atoms with Crippen molar-refractivity contribution in [1.82, 2.24) is 0 Å². The number of aldehydes is 1. The average molecular weight is 316 g/mol. The summed E-state index contributed by atoms with van der Waals surface area (Å²) in [6.45, 7) is 1.95. The van der Waals surface area contributed by atoms with Gasteiger partial charge in [-0.05, 0) is 60.4 Å². The number of carbonyl (C=O) groups is 1. The Balaban J connectivity index is 1.99. The molecule has 0 aromatic heterocycles. The first kappa shape index (κ1) is 15.0. The summed E-state index contributed by atoms with van der Waals surface area (Å²) in [6.07, 6.45) is 6.32. The molecule has 24 heavy (non-hydrogen) atoms. The number of nitrogens with zero attached hydrogens (tertiary/aromatic N) is 2. The highest BCUT2D eigenvalue weighted by Gasteiger charge is 2.27. The fraction of sp³-hybridized carbons (Fsp3) is 0.333. The van der Waals surface area contributed by atoms with Crippen LogP contribution in [0.1, 0.15) is 46.3 Å². The molecular formula is C21H20N2O. The smallest absolute Gasteiger partial charge is 0.151 e. The topological polar surface area (TPSA) is 44.1 Å². The van der Waals surface area contributed by atoms with Gasteiger partial charge in [-0.1, -0.05) is 24.3 Å². The van der Waals surface area contributed by atoms with Crippen LogP contribution in [-0.4, -0.2) is 19.4 Å². The molecule has 120 valence electrons. The molecule has 0 atom stereocenters. The predicted octanol–water partition coefficient (Wildman–Crippen LogP) is 4.13. The number of aryl methyl sites for hydroxylation is 1. The van der Waals surface area contributed by atoms with Gasteiger partial charge in [-0.15, -0.1) is 0 Å². The number of carbonyl (C=O) groups excluding carboxylic acids is 1. The fourth-order valence-corrected chi connectivity index (χ4v) is 4.16. The van der Waals surface area contributed by atoms with Crippen molar-refractivity contribution in [2.45, 2.75) is 32.1 Å². The van der Waals surface area contributed by atoms with Gasteiger partial charge in [-0.25, -0.2) is 0 Å². The average Bonchev–Trinajstić information content (AvgIpc) is 2.66. The first-order valence-corrected chi connectivity index (χ1v) is 8.72. The van der Waals surface area contributed by atoms with Crippen LogP contribution in [0.4, 0.5) is 5.69 Å². The Bertz CT molecular complexity index is 842. The van der Waals surface area contributed by atoms with Gasteiger partial charge in [0.15, 0.2) is 6.29 Å². The Morgan fingerprint density at radius 2 is 1.83 bits per heavy atom. The van der Waals surface area contributed by atoms with E-state index >= 15 is 0 Å². The van der Waals surface area contributed by atoms with Crippen LogP contribution in [0.15, 0.2) is 30.3 Å². The Labute approximate surface area is 142 Å². The van der Waals surface area contributed by atoms with Crippen molar-refractivity contribution in [2.75, 3.05) is 18.0 Å². The standard InChI is InChI=1S/C21H20N2O/c22-13-20-16(14-24)12-19-17-7-3-2-6-15(17)8-9-18(19)21(20)23-10-4-1-5-11-23/h2-3,6-7,12,14H,1,4-5,8-11H2. The normalized spacial score (nSPS) is 16.0. The van der Waals surface area contributed by atoms with E-state index in [2.05, 4.69) is 29.2 Å². The number of rotatable bonds is 2. The zero-order chi connectivity index (χ0) is 16.5. The van der Waals surface area contributed by atoms with Crippen molar-refractivity contribution in [3.8, 4) is 17.2 Å². The monoisotopic (exact) mass is 316 g/mol. The van der Waals surface area contributed by atoms with E-state index in [1.165, 1.54) is 23.1 Å². The molecule has 0 saturated carbocycles. The van der Waals surface area contributed by atoms with Crippen LogP contribution in [-0.2, 0) is 12.8 Å². The summed E-state index contributed by atoms with van der Waals surface area (Å²) < 4.78 is 0. The Kier molecular flexibility index (Phi) is 3.82. The molecule has 2 aromatic rings. The molecule has 0 radical (unpaired) electrons. The number of anilines is 1. The minimum absolute atomic E-state index is 0.522. The fourth-order valence-electron chi connectivity index (χ4n) is 4.16. The van der Waals surface area contributed by atoms with Crippen molar-refractivity contribution >= 4 is 12.0 Å². The van der Waals surface area contributed by atoms with Crippen LogP contribution in [0.3, 0.4) is 0 Å². The van der Waals surface area contributed by atoms with E-state index < -0.39 is 0 Å². The molecule has 1 aliphatic carbocycles. The van der Waals surface area contributed by atoms with Gasteiger partial charge in [-0.2, -0.15) is 5.26 Å². The van der Waals surface area contributed by atoms with Crippen molar-refractivity contribution in [3.63, 3.8) is 0 Å². The molecular weight excluding hydrogens is 296 g/mol.